The number of alkyl carbamates (subject to hydrolysis) is 1. The SMILES string of the molecule is CN(C)C(=O)C(CO)NC(=O)OCc1ccccc1. The maximum Gasteiger partial charge on any atom is 0.408 e. The minimum atomic E-state index is -0.988. The number of hydrogen-bond acceptors (Lipinski definition) is 4. The molecule has 2 amide bonds. The molecule has 2 N–H and O–H groups in total. The fraction of sp³-hybridized carbons (Fsp3) is 0.385. The van der Waals surface area contributed by atoms with Gasteiger partial charge in [0.1, 0.15) is 12.6 Å². The van der Waals surface area contributed by atoms with Crippen molar-refractivity contribution in [1.82, 2.24) is 10.2 Å². The van der Waals surface area contributed by atoms with E-state index in [0.717, 1.165) is 5.56 Å². The van der Waals surface area contributed by atoms with Crippen molar-refractivity contribution in [2.75, 3.05) is 20.7 Å². The van der Waals surface area contributed by atoms with Gasteiger partial charge in [0.25, 0.3) is 0 Å². The predicted molar refractivity (Wildman–Crippen MR) is 69.3 cm³/mol. The van der Waals surface area contributed by atoms with Crippen LogP contribution in [0.4, 0.5) is 4.79 Å². The normalized spacial score (nSPS) is 11.5. The van der Waals surface area contributed by atoms with Crippen molar-refractivity contribution in [3.8, 4) is 0 Å². The van der Waals surface area contributed by atoms with E-state index in [2.05, 4.69) is 5.32 Å². The third-order valence-corrected chi connectivity index (χ3v) is 2.43. The zero-order valence-electron chi connectivity index (χ0n) is 11.0. The lowest BCUT2D eigenvalue weighted by Crippen LogP contribution is -2.48. The Morgan fingerprint density at radius 2 is 1.95 bits per heavy atom. The van der Waals surface area contributed by atoms with E-state index >= 15 is 0 Å². The van der Waals surface area contributed by atoms with Gasteiger partial charge >= 0.3 is 6.09 Å². The number of likely N-dealkylation sites (N-methyl/N-ethyl adjacent to an activating group) is 1. The molecule has 0 aliphatic carbocycles. The van der Waals surface area contributed by atoms with E-state index in [1.807, 2.05) is 30.3 Å². The maximum atomic E-state index is 11.6. The molecule has 0 aliphatic rings. The highest BCUT2D eigenvalue weighted by atomic mass is 16.5. The van der Waals surface area contributed by atoms with Gasteiger partial charge in [-0.2, -0.15) is 0 Å². The predicted octanol–water partition coefficient (Wildman–Crippen LogP) is 0.362. The molecule has 0 aromatic heterocycles. The standard InChI is InChI=1S/C13H18N2O4/c1-15(2)12(17)11(8-16)14-13(18)19-9-10-6-4-3-5-7-10/h3-7,11,16H,8-9H2,1-2H3,(H,14,18). The highest BCUT2D eigenvalue weighted by Crippen LogP contribution is 2.01. The van der Waals surface area contributed by atoms with E-state index in [0.29, 0.717) is 0 Å². The Balaban J connectivity index is 2.44. The molecular weight excluding hydrogens is 248 g/mol. The largest absolute Gasteiger partial charge is 0.445 e. The van der Waals surface area contributed by atoms with Crippen LogP contribution in [0.5, 0.6) is 0 Å². The van der Waals surface area contributed by atoms with Gasteiger partial charge in [-0.15, -0.1) is 0 Å². The number of ether oxygens (including phenoxy) is 1. The summed E-state index contributed by atoms with van der Waals surface area (Å²) in [5, 5.41) is 11.4. The van der Waals surface area contributed by atoms with Gasteiger partial charge in [-0.3, -0.25) is 4.79 Å². The van der Waals surface area contributed by atoms with Crippen molar-refractivity contribution in [3.63, 3.8) is 0 Å². The van der Waals surface area contributed by atoms with Crippen molar-refractivity contribution in [3.05, 3.63) is 35.9 Å². The van der Waals surface area contributed by atoms with Gasteiger partial charge in [-0.1, -0.05) is 30.3 Å². The molecule has 0 bridgehead atoms. The van der Waals surface area contributed by atoms with E-state index in [4.69, 9.17) is 9.84 Å². The molecule has 1 atom stereocenters. The third-order valence-electron chi connectivity index (χ3n) is 2.43. The van der Waals surface area contributed by atoms with Gasteiger partial charge in [0.2, 0.25) is 5.91 Å². The van der Waals surface area contributed by atoms with E-state index in [1.54, 1.807) is 14.1 Å². The van der Waals surface area contributed by atoms with Crippen molar-refractivity contribution in [1.29, 1.82) is 0 Å². The van der Waals surface area contributed by atoms with Crippen LogP contribution >= 0.6 is 0 Å². The van der Waals surface area contributed by atoms with E-state index < -0.39 is 18.7 Å². The topological polar surface area (TPSA) is 78.9 Å². The first-order valence-corrected chi connectivity index (χ1v) is 5.84. The van der Waals surface area contributed by atoms with Crippen LogP contribution in [0.25, 0.3) is 0 Å². The highest BCUT2D eigenvalue weighted by molar-refractivity contribution is 5.85. The number of carbonyl (C=O) groups excluding carboxylic acids is 2. The van der Waals surface area contributed by atoms with Crippen LogP contribution in [0.3, 0.4) is 0 Å². The van der Waals surface area contributed by atoms with Gasteiger partial charge in [-0.05, 0) is 5.56 Å². The Bertz CT molecular complexity index is 420. The monoisotopic (exact) mass is 266 g/mol. The number of benzene rings is 1. The summed E-state index contributed by atoms with van der Waals surface area (Å²) >= 11 is 0. The van der Waals surface area contributed by atoms with Crippen molar-refractivity contribution in [2.45, 2.75) is 12.6 Å². The summed E-state index contributed by atoms with van der Waals surface area (Å²) < 4.78 is 4.96. The first-order chi connectivity index (χ1) is 9.04. The van der Waals surface area contributed by atoms with E-state index in [1.165, 1.54) is 4.90 Å². The second kappa shape index (κ2) is 7.38. The number of nitrogens with one attached hydrogen (secondary N) is 1. The van der Waals surface area contributed by atoms with Crippen LogP contribution in [0, 0.1) is 0 Å². The lowest BCUT2D eigenvalue weighted by Gasteiger charge is -2.19. The number of carbonyl (C=O) groups is 2. The number of nitrogens with zero attached hydrogens (tertiary/aromatic N) is 1. The summed E-state index contributed by atoms with van der Waals surface area (Å²) in [5.74, 6) is -0.390. The Labute approximate surface area is 112 Å². The number of hydrogen-bond donors (Lipinski definition) is 2. The average molecular weight is 266 g/mol. The molecule has 19 heavy (non-hydrogen) atoms. The zero-order chi connectivity index (χ0) is 14.3. The van der Waals surface area contributed by atoms with Crippen LogP contribution in [-0.4, -0.2) is 48.8 Å². The molecule has 0 aliphatic heterocycles. The fourth-order valence-corrected chi connectivity index (χ4v) is 1.40. The van der Waals surface area contributed by atoms with E-state index in [-0.39, 0.29) is 12.5 Å². The molecule has 0 saturated heterocycles. The van der Waals surface area contributed by atoms with Gasteiger partial charge in [-0.25, -0.2) is 4.79 Å². The lowest BCUT2D eigenvalue weighted by atomic mass is 10.2. The smallest absolute Gasteiger partial charge is 0.408 e. The molecule has 104 valence electrons. The summed E-state index contributed by atoms with van der Waals surface area (Å²) in [6.07, 6.45) is -0.738. The van der Waals surface area contributed by atoms with Gasteiger partial charge in [0.05, 0.1) is 6.61 Å². The Hall–Kier alpha value is -2.08. The molecule has 6 nitrogen and oxygen atoms in total. The number of rotatable bonds is 5. The molecule has 1 rings (SSSR count). The molecule has 0 heterocycles. The van der Waals surface area contributed by atoms with Crippen LogP contribution in [-0.2, 0) is 16.1 Å². The molecule has 6 heteroatoms. The molecule has 0 saturated carbocycles. The maximum absolute atomic E-state index is 11.6. The molecule has 1 aromatic carbocycles. The van der Waals surface area contributed by atoms with Gasteiger partial charge < -0.3 is 20.1 Å². The minimum absolute atomic E-state index is 0.112. The van der Waals surface area contributed by atoms with Crippen LogP contribution in [0.15, 0.2) is 30.3 Å². The summed E-state index contributed by atoms with van der Waals surface area (Å²) in [7, 11) is 3.09. The number of aliphatic hydroxyl groups excluding tert-OH is 1. The fourth-order valence-electron chi connectivity index (χ4n) is 1.40. The summed E-state index contributed by atoms with van der Waals surface area (Å²) in [6, 6.07) is 8.19. The Morgan fingerprint density at radius 1 is 1.32 bits per heavy atom. The number of amides is 2. The summed E-state index contributed by atoms with van der Waals surface area (Å²) in [4.78, 5) is 24.4. The highest BCUT2D eigenvalue weighted by Gasteiger charge is 2.21. The summed E-state index contributed by atoms with van der Waals surface area (Å²) in [5.41, 5.74) is 0.845. The molecular formula is C13H18N2O4. The Kier molecular flexibility index (Phi) is 5.81. The van der Waals surface area contributed by atoms with Crippen LogP contribution < -0.4 is 5.32 Å². The first-order valence-electron chi connectivity index (χ1n) is 5.84. The van der Waals surface area contributed by atoms with Crippen molar-refractivity contribution < 1.29 is 19.4 Å². The second-order valence-electron chi connectivity index (χ2n) is 4.17. The molecule has 1 unspecified atom stereocenters. The van der Waals surface area contributed by atoms with E-state index in [9.17, 15) is 9.59 Å². The lowest BCUT2D eigenvalue weighted by molar-refractivity contribution is -0.131. The summed E-state index contributed by atoms with van der Waals surface area (Å²) in [6.45, 7) is -0.363. The molecule has 1 aromatic rings. The average Bonchev–Trinajstić information content (AvgIpc) is 2.42. The van der Waals surface area contributed by atoms with Crippen molar-refractivity contribution in [2.24, 2.45) is 0 Å². The third kappa shape index (κ3) is 4.97. The van der Waals surface area contributed by atoms with Crippen LogP contribution in [0.2, 0.25) is 0 Å². The van der Waals surface area contributed by atoms with Gasteiger partial charge in [0.15, 0.2) is 0 Å². The molecule has 0 fully saturated rings. The molecule has 0 radical (unpaired) electrons. The number of aliphatic hydroxyl groups is 1. The van der Waals surface area contributed by atoms with Gasteiger partial charge in [0, 0.05) is 14.1 Å². The second-order valence-corrected chi connectivity index (χ2v) is 4.17. The van der Waals surface area contributed by atoms with Crippen LogP contribution in [0.1, 0.15) is 5.56 Å². The van der Waals surface area contributed by atoms with Crippen molar-refractivity contribution >= 4 is 12.0 Å². The minimum Gasteiger partial charge on any atom is -0.445 e. The molecule has 0 spiro atoms. The quantitative estimate of drug-likeness (QED) is 0.806. The Morgan fingerprint density at radius 3 is 2.47 bits per heavy atom. The first kappa shape index (κ1) is 15.0. The zero-order valence-corrected chi connectivity index (χ0v) is 11.0.